The zero-order valence-corrected chi connectivity index (χ0v) is 3.97. The zero-order valence-electron chi connectivity index (χ0n) is 1.92. The van der Waals surface area contributed by atoms with E-state index in [1.807, 2.05) is 0 Å². The maximum atomic E-state index is 7.47. The molecule has 0 spiro atoms. The third-order valence-electron chi connectivity index (χ3n) is 0.0516. The van der Waals surface area contributed by atoms with Crippen molar-refractivity contribution in [3.63, 3.8) is 0 Å². The summed E-state index contributed by atoms with van der Waals surface area (Å²) in [5, 5.41) is 7.47. The lowest BCUT2D eigenvalue weighted by Crippen LogP contribution is -1.21. The van der Waals surface area contributed by atoms with Crippen LogP contribution >= 0.6 is 17.0 Å². The number of rotatable bonds is 0. The summed E-state index contributed by atoms with van der Waals surface area (Å²) in [5.41, 5.74) is 0. The molecule has 1 N–H and O–H groups in total. The van der Waals surface area contributed by atoms with Gasteiger partial charge in [-0.3, -0.25) is 5.21 Å². The molecule has 24 valence electrons. The van der Waals surface area contributed by atoms with E-state index in [0.29, 0.717) is 8.06 Å². The Morgan fingerprint density at radius 2 is 2.25 bits per heavy atom. The van der Waals surface area contributed by atoms with Gasteiger partial charge in [-0.25, -0.2) is 0 Å². The molecule has 0 amide bonds. The monoisotopic (exact) mass is 95.0 g/mol. The molecule has 4 heteroatoms. The minimum atomic E-state index is 0.596. The fraction of sp³-hybridized carbons (Fsp3) is 0. The van der Waals surface area contributed by atoms with Crippen molar-refractivity contribution < 1.29 is 5.21 Å². The van der Waals surface area contributed by atoms with Gasteiger partial charge in [-0.2, -0.15) is 0 Å². The van der Waals surface area contributed by atoms with Crippen molar-refractivity contribution in [1.82, 2.24) is 0 Å². The molecular formula is H3NOP2. The maximum absolute atomic E-state index is 7.47. The third-order valence-corrected chi connectivity index (χ3v) is 0.465. The van der Waals surface area contributed by atoms with Crippen LogP contribution in [0.5, 0.6) is 0 Å². The van der Waals surface area contributed by atoms with Crippen LogP contribution in [0.25, 0.3) is 0 Å². The van der Waals surface area contributed by atoms with Gasteiger partial charge in [0.1, 0.15) is 0 Å². The lowest BCUT2D eigenvalue weighted by molar-refractivity contribution is 0.329. The van der Waals surface area contributed by atoms with E-state index in [4.69, 9.17) is 5.21 Å². The average Bonchev–Trinajstić information content (AvgIpc) is 1.37. The first kappa shape index (κ1) is 4.49. The second kappa shape index (κ2) is 3.49. The first-order valence-electron chi connectivity index (χ1n) is 0.658. The van der Waals surface area contributed by atoms with E-state index in [-0.39, 0.29) is 0 Å². The number of hydrogen-bond donors (Lipinski definition) is 1. The Labute approximate surface area is 28.2 Å². The normalized spacial score (nSPS) is 9.50. The molecule has 0 aliphatic rings. The molecule has 0 saturated carbocycles. The molecular weight excluding hydrogens is 92.0 g/mol. The fourth-order valence-electron chi connectivity index (χ4n) is 0. The van der Waals surface area contributed by atoms with Crippen LogP contribution < -0.4 is 0 Å². The molecule has 0 bridgehead atoms. The molecule has 0 fully saturated rings. The standard InChI is InChI=1S/H3NOP2/c2-1-4-3/h2H,3H2. The Hall–Kier alpha value is 0.490. The Morgan fingerprint density at radius 1 is 2.00 bits per heavy atom. The van der Waals surface area contributed by atoms with Gasteiger partial charge >= 0.3 is 0 Å². The molecule has 0 aromatic carbocycles. The molecule has 0 radical (unpaired) electrons. The molecule has 0 aromatic rings. The highest BCUT2D eigenvalue weighted by atomic mass is 32.0. The molecule has 0 aromatic heterocycles. The average molecular weight is 95.0 g/mol. The highest BCUT2D eigenvalue weighted by Gasteiger charge is 1.36. The number of hydrogen-bond acceptors (Lipinski definition) is 1. The van der Waals surface area contributed by atoms with E-state index in [2.05, 4.69) is 13.8 Å². The molecule has 4 heavy (non-hydrogen) atoms. The predicted molar refractivity (Wildman–Crippen MR) is 20.8 cm³/mol. The van der Waals surface area contributed by atoms with Crippen molar-refractivity contribution in [3.8, 4) is 0 Å². The van der Waals surface area contributed by atoms with Crippen LogP contribution in [0.4, 0.5) is 0 Å². The second-order valence-electron chi connectivity index (χ2n) is 0.205. The quantitative estimate of drug-likeness (QED) is 0.357. The molecule has 0 aliphatic carbocycles. The molecule has 2 nitrogen and oxygen atoms in total. The lowest BCUT2D eigenvalue weighted by Gasteiger charge is -1.50. The van der Waals surface area contributed by atoms with Crippen LogP contribution in [0.1, 0.15) is 0 Å². The second-order valence-corrected chi connectivity index (χ2v) is 1.31. The summed E-state index contributed by atoms with van der Waals surface area (Å²) < 4.78 is 0. The highest BCUT2D eigenvalue weighted by Crippen LogP contribution is 2.05. The van der Waals surface area contributed by atoms with Crippen LogP contribution in [-0.4, -0.2) is 5.21 Å². The summed E-state index contributed by atoms with van der Waals surface area (Å²) in [5.74, 6) is 0. The molecule has 1 unspecified atom stereocenters. The van der Waals surface area contributed by atoms with E-state index >= 15 is 0 Å². The van der Waals surface area contributed by atoms with Gasteiger partial charge in [0, 0.05) is 0 Å². The lowest BCUT2D eigenvalue weighted by atomic mass is 13.6. The summed E-state index contributed by atoms with van der Waals surface area (Å²) in [4.78, 5) is 2.67. The van der Waals surface area contributed by atoms with Crippen LogP contribution in [0.2, 0.25) is 0 Å². The van der Waals surface area contributed by atoms with E-state index in [1.54, 1.807) is 0 Å². The first-order chi connectivity index (χ1) is 1.91. The Balaban J connectivity index is 2.55. The fourth-order valence-corrected chi connectivity index (χ4v) is 0. The smallest absolute Gasteiger partial charge is 0.0602 e. The van der Waals surface area contributed by atoms with Gasteiger partial charge in [0.2, 0.25) is 0 Å². The van der Waals surface area contributed by atoms with Crippen molar-refractivity contribution in [2.24, 2.45) is 4.91 Å². The molecule has 1 atom stereocenters. The van der Waals surface area contributed by atoms with Gasteiger partial charge in [-0.15, -0.1) is 4.91 Å². The Morgan fingerprint density at radius 3 is 2.25 bits per heavy atom. The SMILES string of the molecule is O/N=P/P. The highest BCUT2D eigenvalue weighted by molar-refractivity contribution is 7.97. The van der Waals surface area contributed by atoms with Crippen LogP contribution in [0.15, 0.2) is 4.91 Å². The van der Waals surface area contributed by atoms with Gasteiger partial charge in [0.15, 0.2) is 0 Å². The van der Waals surface area contributed by atoms with E-state index in [9.17, 15) is 0 Å². The van der Waals surface area contributed by atoms with Crippen molar-refractivity contribution >= 4 is 17.0 Å². The van der Waals surface area contributed by atoms with E-state index in [1.165, 1.54) is 0 Å². The zero-order chi connectivity index (χ0) is 3.41. The van der Waals surface area contributed by atoms with Crippen molar-refractivity contribution in [3.05, 3.63) is 0 Å². The minimum absolute atomic E-state index is 0.596. The van der Waals surface area contributed by atoms with Crippen LogP contribution in [-0.2, 0) is 0 Å². The summed E-state index contributed by atoms with van der Waals surface area (Å²) >= 11 is 0. The third kappa shape index (κ3) is 2.49. The van der Waals surface area contributed by atoms with Crippen molar-refractivity contribution in [2.45, 2.75) is 0 Å². The van der Waals surface area contributed by atoms with Crippen molar-refractivity contribution in [1.29, 1.82) is 0 Å². The summed E-state index contributed by atoms with van der Waals surface area (Å²) in [6, 6.07) is 0. The summed E-state index contributed by atoms with van der Waals surface area (Å²) in [6.45, 7) is 0. The first-order valence-corrected chi connectivity index (χ1v) is 3.12. The Kier molecular flexibility index (Phi) is 3.92. The van der Waals surface area contributed by atoms with Gasteiger partial charge in [0.25, 0.3) is 0 Å². The number of nitrogens with zero attached hydrogens (tertiary/aromatic N) is 1. The molecule has 0 rings (SSSR count). The van der Waals surface area contributed by atoms with E-state index in [0.717, 1.165) is 0 Å². The molecule has 0 heterocycles. The van der Waals surface area contributed by atoms with E-state index < -0.39 is 0 Å². The summed E-state index contributed by atoms with van der Waals surface area (Å²) in [7, 11) is 2.81. The summed E-state index contributed by atoms with van der Waals surface area (Å²) in [6.07, 6.45) is 0. The largest absolute Gasteiger partial charge is 0.264 e. The molecule has 0 aliphatic heterocycles. The van der Waals surface area contributed by atoms with Gasteiger partial charge in [-0.1, -0.05) is 8.93 Å². The topological polar surface area (TPSA) is 32.6 Å². The Bertz CT molecular complexity index is 21.2. The van der Waals surface area contributed by atoms with Gasteiger partial charge in [-0.05, 0) is 0 Å². The minimum Gasteiger partial charge on any atom is -0.264 e. The van der Waals surface area contributed by atoms with Gasteiger partial charge in [0.05, 0.1) is 8.06 Å². The van der Waals surface area contributed by atoms with Crippen molar-refractivity contribution in [2.75, 3.05) is 0 Å². The predicted octanol–water partition coefficient (Wildman–Crippen LogP) is 1.30. The van der Waals surface area contributed by atoms with Gasteiger partial charge < -0.3 is 0 Å². The molecule has 0 saturated heterocycles. The maximum Gasteiger partial charge on any atom is 0.0602 e. The van der Waals surface area contributed by atoms with Crippen LogP contribution in [0, 0.1) is 0 Å². The van der Waals surface area contributed by atoms with Crippen LogP contribution in [0.3, 0.4) is 0 Å².